The second-order valence-electron chi connectivity index (χ2n) is 3.26. The van der Waals surface area contributed by atoms with Crippen LogP contribution in [-0.4, -0.2) is 22.2 Å². The summed E-state index contributed by atoms with van der Waals surface area (Å²) in [5.41, 5.74) is 0.397. The molecule has 5 heteroatoms. The molecule has 0 fully saturated rings. The maximum absolute atomic E-state index is 11.2. The number of carboxylic acid groups (broad SMARTS) is 1. The van der Waals surface area contributed by atoms with Gasteiger partial charge in [-0.25, -0.2) is 0 Å². The van der Waals surface area contributed by atoms with Crippen molar-refractivity contribution in [2.45, 2.75) is 13.2 Å². The molecule has 0 radical (unpaired) electrons. The first kappa shape index (κ1) is 12.2. The van der Waals surface area contributed by atoms with Gasteiger partial charge in [-0.3, -0.25) is 9.59 Å². The van der Waals surface area contributed by atoms with Crippen LogP contribution in [0, 0.1) is 5.92 Å². The number of rotatable bonds is 4. The van der Waals surface area contributed by atoms with E-state index in [-0.39, 0.29) is 0 Å². The molecule has 0 saturated carbocycles. The van der Waals surface area contributed by atoms with Crippen LogP contribution in [0.2, 0.25) is 0 Å². The normalized spacial score (nSPS) is 13.9. The Kier molecular flexibility index (Phi) is 4.02. The molecule has 0 heterocycles. The topological polar surface area (TPSA) is 83.8 Å². The fourth-order valence-electron chi connectivity index (χ4n) is 0.999. The summed E-state index contributed by atoms with van der Waals surface area (Å²) in [5.74, 6) is -3.55. The van der Waals surface area contributed by atoms with Crippen molar-refractivity contribution in [3.8, 4) is 0 Å². The molecular weight excluding hydrogens is 212 g/mol. The Hall–Kier alpha value is -1.88. The molecule has 1 aromatic carbocycles. The zero-order chi connectivity index (χ0) is 12.1. The third-order valence-corrected chi connectivity index (χ3v) is 2.04. The highest BCUT2D eigenvalue weighted by Gasteiger charge is 2.24. The number of carboxylic acids is 1. The molecule has 5 nitrogen and oxygen atoms in total. The zero-order valence-electron chi connectivity index (χ0n) is 8.66. The molecule has 0 aliphatic rings. The Morgan fingerprint density at radius 2 is 1.81 bits per heavy atom. The fraction of sp³-hybridized carbons (Fsp3) is 0.273. The van der Waals surface area contributed by atoms with Crippen molar-refractivity contribution >= 4 is 11.9 Å². The Morgan fingerprint density at radius 1 is 1.25 bits per heavy atom. The molecule has 0 spiro atoms. The summed E-state index contributed by atoms with van der Waals surface area (Å²) in [6, 6.07) is 8.24. The number of benzene rings is 1. The molecule has 2 unspecified atom stereocenters. The van der Waals surface area contributed by atoms with Gasteiger partial charge in [0.2, 0.25) is 6.29 Å². The van der Waals surface area contributed by atoms with Crippen molar-refractivity contribution in [3.05, 3.63) is 35.9 Å². The van der Waals surface area contributed by atoms with E-state index >= 15 is 0 Å². The van der Waals surface area contributed by atoms with Crippen molar-refractivity contribution in [2.75, 3.05) is 0 Å². The van der Waals surface area contributed by atoms with E-state index in [0.29, 0.717) is 5.56 Å². The molecule has 2 atom stereocenters. The van der Waals surface area contributed by atoms with Crippen LogP contribution in [0.15, 0.2) is 30.3 Å². The third-order valence-electron chi connectivity index (χ3n) is 2.04. The summed E-state index contributed by atoms with van der Waals surface area (Å²) in [7, 11) is 0. The number of esters is 1. The van der Waals surface area contributed by atoms with E-state index in [1.54, 1.807) is 30.3 Å². The van der Waals surface area contributed by atoms with Crippen LogP contribution < -0.4 is 0 Å². The Morgan fingerprint density at radius 3 is 2.31 bits per heavy atom. The van der Waals surface area contributed by atoms with Gasteiger partial charge >= 0.3 is 11.9 Å². The first-order valence-corrected chi connectivity index (χ1v) is 4.68. The van der Waals surface area contributed by atoms with Crippen molar-refractivity contribution in [1.29, 1.82) is 0 Å². The van der Waals surface area contributed by atoms with Crippen molar-refractivity contribution < 1.29 is 24.5 Å². The lowest BCUT2D eigenvalue weighted by Crippen LogP contribution is -2.24. The molecule has 0 aromatic heterocycles. The Labute approximate surface area is 92.3 Å². The molecule has 1 rings (SSSR count). The van der Waals surface area contributed by atoms with Crippen LogP contribution in [0.25, 0.3) is 0 Å². The average Bonchev–Trinajstić information content (AvgIpc) is 2.28. The summed E-state index contributed by atoms with van der Waals surface area (Å²) in [6.07, 6.45) is -1.43. The maximum atomic E-state index is 11.2. The van der Waals surface area contributed by atoms with Crippen LogP contribution in [-0.2, 0) is 14.3 Å². The minimum absolute atomic E-state index is 0.397. The smallest absolute Gasteiger partial charge is 0.322 e. The van der Waals surface area contributed by atoms with E-state index < -0.39 is 24.1 Å². The number of hydrogen-bond acceptors (Lipinski definition) is 4. The van der Waals surface area contributed by atoms with Crippen molar-refractivity contribution in [2.24, 2.45) is 5.92 Å². The zero-order valence-corrected chi connectivity index (χ0v) is 8.66. The molecule has 1 aromatic rings. The van der Waals surface area contributed by atoms with E-state index in [1.807, 2.05) is 0 Å². The van der Waals surface area contributed by atoms with Gasteiger partial charge in [-0.15, -0.1) is 0 Å². The van der Waals surface area contributed by atoms with Crippen LogP contribution in [0.4, 0.5) is 0 Å². The number of ether oxygens (including phenoxy) is 1. The molecule has 16 heavy (non-hydrogen) atoms. The van der Waals surface area contributed by atoms with Gasteiger partial charge in [0.25, 0.3) is 0 Å². The minimum atomic E-state index is -1.43. The maximum Gasteiger partial charge on any atom is 0.322 e. The summed E-state index contributed by atoms with van der Waals surface area (Å²) in [6.45, 7) is 1.20. The van der Waals surface area contributed by atoms with Crippen LogP contribution in [0.5, 0.6) is 0 Å². The predicted octanol–water partition coefficient (Wildman–Crippen LogP) is 0.941. The van der Waals surface area contributed by atoms with E-state index in [0.717, 1.165) is 0 Å². The van der Waals surface area contributed by atoms with Gasteiger partial charge in [0.1, 0.15) is 0 Å². The Balaban J connectivity index is 2.62. The molecular formula is C11H12O5. The third kappa shape index (κ3) is 3.06. The largest absolute Gasteiger partial charge is 0.481 e. The van der Waals surface area contributed by atoms with Gasteiger partial charge in [0, 0.05) is 5.56 Å². The van der Waals surface area contributed by atoms with Gasteiger partial charge in [0.05, 0.1) is 0 Å². The number of aliphatic carboxylic acids is 1. The van der Waals surface area contributed by atoms with Gasteiger partial charge < -0.3 is 14.9 Å². The lowest BCUT2D eigenvalue weighted by molar-refractivity contribution is -0.177. The lowest BCUT2D eigenvalue weighted by atomic mass is 10.2. The standard InChI is InChI=1S/C11H12O5/c1-7(9(12)13)10(14)16-11(15)8-5-3-2-4-6-8/h2-7,11,15H,1H3,(H,12,13). The summed E-state index contributed by atoms with van der Waals surface area (Å²) in [4.78, 5) is 21.7. The lowest BCUT2D eigenvalue weighted by Gasteiger charge is -2.13. The highest BCUT2D eigenvalue weighted by molar-refractivity contribution is 5.93. The molecule has 0 aliphatic heterocycles. The SMILES string of the molecule is CC(C(=O)O)C(=O)OC(O)c1ccccc1. The minimum Gasteiger partial charge on any atom is -0.481 e. The molecule has 0 bridgehead atoms. The highest BCUT2D eigenvalue weighted by Crippen LogP contribution is 2.15. The van der Waals surface area contributed by atoms with Crippen molar-refractivity contribution in [3.63, 3.8) is 0 Å². The molecule has 0 saturated heterocycles. The number of carbonyl (C=O) groups excluding carboxylic acids is 1. The van der Waals surface area contributed by atoms with Crippen molar-refractivity contribution in [1.82, 2.24) is 0 Å². The van der Waals surface area contributed by atoms with Gasteiger partial charge in [0.15, 0.2) is 5.92 Å². The molecule has 0 amide bonds. The highest BCUT2D eigenvalue weighted by atomic mass is 16.6. The number of carbonyl (C=O) groups is 2. The molecule has 86 valence electrons. The average molecular weight is 224 g/mol. The molecule has 0 aliphatic carbocycles. The van der Waals surface area contributed by atoms with Crippen LogP contribution >= 0.6 is 0 Å². The number of aliphatic hydroxyl groups excluding tert-OH is 1. The van der Waals surface area contributed by atoms with E-state index in [2.05, 4.69) is 4.74 Å². The Bertz CT molecular complexity index is 373. The number of aliphatic hydroxyl groups is 1. The summed E-state index contributed by atoms with van der Waals surface area (Å²) >= 11 is 0. The molecule has 2 N–H and O–H groups in total. The van der Waals surface area contributed by atoms with E-state index in [1.165, 1.54) is 6.92 Å². The predicted molar refractivity (Wildman–Crippen MR) is 54.3 cm³/mol. The van der Waals surface area contributed by atoms with Gasteiger partial charge in [-0.1, -0.05) is 30.3 Å². The fourth-order valence-corrected chi connectivity index (χ4v) is 0.999. The second-order valence-corrected chi connectivity index (χ2v) is 3.26. The van der Waals surface area contributed by atoms with Gasteiger partial charge in [-0.2, -0.15) is 0 Å². The van der Waals surface area contributed by atoms with E-state index in [9.17, 15) is 14.7 Å². The quantitative estimate of drug-likeness (QED) is 0.451. The summed E-state index contributed by atoms with van der Waals surface area (Å²) in [5, 5.41) is 18.0. The monoisotopic (exact) mass is 224 g/mol. The van der Waals surface area contributed by atoms with E-state index in [4.69, 9.17) is 5.11 Å². The second kappa shape index (κ2) is 5.27. The van der Waals surface area contributed by atoms with Crippen LogP contribution in [0.3, 0.4) is 0 Å². The summed E-state index contributed by atoms with van der Waals surface area (Å²) < 4.78 is 4.60. The van der Waals surface area contributed by atoms with Crippen LogP contribution in [0.1, 0.15) is 18.8 Å². The first-order chi connectivity index (χ1) is 7.52. The first-order valence-electron chi connectivity index (χ1n) is 4.68. The number of hydrogen-bond donors (Lipinski definition) is 2. The van der Waals surface area contributed by atoms with Gasteiger partial charge in [-0.05, 0) is 6.92 Å².